The molecule has 0 aliphatic carbocycles. The summed E-state index contributed by atoms with van der Waals surface area (Å²) in [5, 5.41) is 3.43. The van der Waals surface area contributed by atoms with Gasteiger partial charge in [-0.15, -0.1) is 0 Å². The van der Waals surface area contributed by atoms with Crippen LogP contribution < -0.4 is 5.32 Å². The maximum Gasteiger partial charge on any atom is 0.125 e. The van der Waals surface area contributed by atoms with Gasteiger partial charge in [-0.2, -0.15) is 0 Å². The Bertz CT molecular complexity index is 1220. The van der Waals surface area contributed by atoms with Gasteiger partial charge in [-0.1, -0.05) is 54.6 Å². The van der Waals surface area contributed by atoms with Gasteiger partial charge in [-0.05, 0) is 96.5 Å². The molecule has 4 aromatic rings. The van der Waals surface area contributed by atoms with Crippen molar-refractivity contribution in [1.82, 2.24) is 0 Å². The van der Waals surface area contributed by atoms with Gasteiger partial charge in [0, 0.05) is 11.4 Å². The normalized spacial score (nSPS) is 10.8. The number of benzene rings is 4. The second-order valence-electron chi connectivity index (χ2n) is 7.96. The van der Waals surface area contributed by atoms with E-state index >= 15 is 0 Å². The molecule has 0 heterocycles. The first-order valence-corrected chi connectivity index (χ1v) is 10.2. The number of rotatable bonds is 4. The third-order valence-corrected chi connectivity index (χ3v) is 5.71. The van der Waals surface area contributed by atoms with E-state index in [9.17, 15) is 4.39 Å². The van der Waals surface area contributed by atoms with Gasteiger partial charge in [0.2, 0.25) is 0 Å². The van der Waals surface area contributed by atoms with Crippen LogP contribution in [0.15, 0.2) is 78.9 Å². The molecular formula is C28H26FN. The predicted molar refractivity (Wildman–Crippen MR) is 126 cm³/mol. The largest absolute Gasteiger partial charge is 0.355 e. The third kappa shape index (κ3) is 3.99. The topological polar surface area (TPSA) is 12.0 Å². The van der Waals surface area contributed by atoms with Crippen LogP contribution in [0.5, 0.6) is 0 Å². The van der Waals surface area contributed by atoms with Gasteiger partial charge >= 0.3 is 0 Å². The van der Waals surface area contributed by atoms with E-state index in [1.807, 2.05) is 6.92 Å². The third-order valence-electron chi connectivity index (χ3n) is 5.71. The second-order valence-corrected chi connectivity index (χ2v) is 7.96. The van der Waals surface area contributed by atoms with Crippen molar-refractivity contribution in [2.75, 3.05) is 5.32 Å². The minimum Gasteiger partial charge on any atom is -0.355 e. The highest BCUT2D eigenvalue weighted by Gasteiger charge is 2.10. The van der Waals surface area contributed by atoms with Crippen molar-refractivity contribution in [2.45, 2.75) is 27.7 Å². The van der Waals surface area contributed by atoms with Crippen molar-refractivity contribution < 1.29 is 4.39 Å². The van der Waals surface area contributed by atoms with Gasteiger partial charge in [0.1, 0.15) is 5.82 Å². The Morgan fingerprint density at radius 1 is 0.533 bits per heavy atom. The Labute approximate surface area is 178 Å². The number of hydrogen-bond donors (Lipinski definition) is 1. The Balaban J connectivity index is 1.76. The minimum absolute atomic E-state index is 0.237. The van der Waals surface area contributed by atoms with Crippen LogP contribution in [-0.2, 0) is 0 Å². The summed E-state index contributed by atoms with van der Waals surface area (Å²) < 4.78 is 13.7. The molecule has 0 bridgehead atoms. The summed E-state index contributed by atoms with van der Waals surface area (Å²) in [7, 11) is 0. The quantitative estimate of drug-likeness (QED) is 0.368. The lowest BCUT2D eigenvalue weighted by atomic mass is 9.93. The molecule has 4 aromatic carbocycles. The van der Waals surface area contributed by atoms with E-state index in [-0.39, 0.29) is 5.82 Å². The predicted octanol–water partition coefficient (Wildman–Crippen LogP) is 8.14. The van der Waals surface area contributed by atoms with Crippen molar-refractivity contribution >= 4 is 11.4 Å². The smallest absolute Gasteiger partial charge is 0.125 e. The van der Waals surface area contributed by atoms with Crippen LogP contribution in [0.25, 0.3) is 22.3 Å². The molecule has 0 aromatic heterocycles. The molecule has 0 atom stereocenters. The zero-order chi connectivity index (χ0) is 21.3. The highest BCUT2D eigenvalue weighted by Crippen LogP contribution is 2.34. The molecule has 0 aliphatic heterocycles. The molecule has 0 amide bonds. The average molecular weight is 396 g/mol. The molecule has 150 valence electrons. The minimum atomic E-state index is -0.237. The van der Waals surface area contributed by atoms with Crippen LogP contribution in [0, 0.1) is 33.5 Å². The molecule has 1 N–H and O–H groups in total. The maximum atomic E-state index is 13.7. The number of nitrogens with one attached hydrogen (secondary N) is 1. The molecule has 0 spiro atoms. The van der Waals surface area contributed by atoms with E-state index in [1.165, 1.54) is 33.9 Å². The molecule has 1 nitrogen and oxygen atoms in total. The summed E-state index contributed by atoms with van der Waals surface area (Å²) in [6.07, 6.45) is 0. The summed E-state index contributed by atoms with van der Waals surface area (Å²) in [5.41, 5.74) is 11.2. The lowest BCUT2D eigenvalue weighted by Crippen LogP contribution is -1.97. The second kappa shape index (κ2) is 8.16. The van der Waals surface area contributed by atoms with Gasteiger partial charge in [0.15, 0.2) is 0 Å². The monoisotopic (exact) mass is 395 g/mol. The molecule has 0 fully saturated rings. The molecule has 0 unspecified atom stereocenters. The Morgan fingerprint density at radius 2 is 1.10 bits per heavy atom. The van der Waals surface area contributed by atoms with E-state index in [1.54, 1.807) is 12.1 Å². The number of aryl methyl sites for hydroxylation is 4. The fraction of sp³-hybridized carbons (Fsp3) is 0.143. The fourth-order valence-electron chi connectivity index (χ4n) is 3.80. The van der Waals surface area contributed by atoms with Crippen LogP contribution in [0.1, 0.15) is 22.3 Å². The zero-order valence-electron chi connectivity index (χ0n) is 17.9. The van der Waals surface area contributed by atoms with E-state index < -0.39 is 0 Å². The van der Waals surface area contributed by atoms with Crippen molar-refractivity contribution in [3.05, 3.63) is 107 Å². The van der Waals surface area contributed by atoms with Gasteiger partial charge in [0.05, 0.1) is 0 Å². The number of halogens is 1. The standard InChI is InChI=1S/C28H26FN/c1-18-7-5-6-8-25(18)22-12-9-19(2)26(15-22)23-13-10-20(3)27(16-23)30-28-17-24(29)14-11-21(28)4/h5-17,30H,1-4H3. The Hall–Kier alpha value is -3.39. The zero-order valence-corrected chi connectivity index (χ0v) is 17.9. The van der Waals surface area contributed by atoms with Gasteiger partial charge in [-0.25, -0.2) is 4.39 Å². The summed E-state index contributed by atoms with van der Waals surface area (Å²) >= 11 is 0. The SMILES string of the molecule is Cc1ccc(F)cc1Nc1cc(-c2cc(-c3ccccc3C)ccc2C)ccc1C. The highest BCUT2D eigenvalue weighted by molar-refractivity contribution is 5.80. The van der Waals surface area contributed by atoms with Crippen molar-refractivity contribution in [3.63, 3.8) is 0 Å². The summed E-state index contributed by atoms with van der Waals surface area (Å²) in [4.78, 5) is 0. The van der Waals surface area contributed by atoms with E-state index in [4.69, 9.17) is 0 Å². The van der Waals surface area contributed by atoms with E-state index in [2.05, 4.69) is 86.8 Å². The fourth-order valence-corrected chi connectivity index (χ4v) is 3.80. The Morgan fingerprint density at radius 3 is 1.83 bits per heavy atom. The molecule has 0 saturated heterocycles. The van der Waals surface area contributed by atoms with Crippen molar-refractivity contribution in [2.24, 2.45) is 0 Å². The van der Waals surface area contributed by atoms with Crippen molar-refractivity contribution in [3.8, 4) is 22.3 Å². The van der Waals surface area contributed by atoms with Gasteiger partial charge in [-0.3, -0.25) is 0 Å². The molecule has 4 rings (SSSR count). The van der Waals surface area contributed by atoms with Crippen LogP contribution in [-0.4, -0.2) is 0 Å². The lowest BCUT2D eigenvalue weighted by molar-refractivity contribution is 0.628. The molecular weight excluding hydrogens is 369 g/mol. The highest BCUT2D eigenvalue weighted by atomic mass is 19.1. The maximum absolute atomic E-state index is 13.7. The first-order valence-electron chi connectivity index (χ1n) is 10.2. The summed E-state index contributed by atoms with van der Waals surface area (Å²) in [6, 6.07) is 26.4. The van der Waals surface area contributed by atoms with Crippen molar-refractivity contribution in [1.29, 1.82) is 0 Å². The van der Waals surface area contributed by atoms with Crippen LogP contribution >= 0.6 is 0 Å². The van der Waals surface area contributed by atoms with Crippen LogP contribution in [0.3, 0.4) is 0 Å². The Kier molecular flexibility index (Phi) is 5.41. The lowest BCUT2D eigenvalue weighted by Gasteiger charge is -2.16. The molecule has 30 heavy (non-hydrogen) atoms. The number of anilines is 2. The van der Waals surface area contributed by atoms with E-state index in [0.717, 1.165) is 28.1 Å². The first-order chi connectivity index (χ1) is 14.4. The average Bonchev–Trinajstić information content (AvgIpc) is 2.73. The molecule has 0 aliphatic rings. The van der Waals surface area contributed by atoms with Gasteiger partial charge in [0.25, 0.3) is 0 Å². The van der Waals surface area contributed by atoms with Crippen LogP contribution in [0.4, 0.5) is 15.8 Å². The molecule has 0 saturated carbocycles. The molecule has 0 radical (unpaired) electrons. The van der Waals surface area contributed by atoms with Gasteiger partial charge < -0.3 is 5.32 Å². The van der Waals surface area contributed by atoms with Crippen LogP contribution in [0.2, 0.25) is 0 Å². The summed E-state index contributed by atoms with van der Waals surface area (Å²) in [5.74, 6) is -0.237. The molecule has 2 heteroatoms. The van der Waals surface area contributed by atoms with E-state index in [0.29, 0.717) is 0 Å². The first kappa shape index (κ1) is 19.9. The summed E-state index contributed by atoms with van der Waals surface area (Å²) in [6.45, 7) is 8.33. The number of hydrogen-bond acceptors (Lipinski definition) is 1.